The molecule has 1 aliphatic heterocycles. The first kappa shape index (κ1) is 19.9. The lowest BCUT2D eigenvalue weighted by atomic mass is 9.79. The molecule has 0 fully saturated rings. The van der Waals surface area contributed by atoms with E-state index in [1.165, 1.54) is 16.8 Å². The monoisotopic (exact) mass is 428 g/mol. The van der Waals surface area contributed by atoms with Crippen molar-refractivity contribution in [1.29, 1.82) is 0 Å². The maximum absolute atomic E-state index is 5.71. The van der Waals surface area contributed by atoms with Gasteiger partial charge in [-0.1, -0.05) is 22.9 Å². The minimum atomic E-state index is 0.150. The first-order valence-electron chi connectivity index (χ1n) is 9.56. The van der Waals surface area contributed by atoms with Gasteiger partial charge in [-0.3, -0.25) is 4.99 Å². The summed E-state index contributed by atoms with van der Waals surface area (Å²) in [5, 5.41) is 0. The van der Waals surface area contributed by atoms with E-state index in [4.69, 9.17) is 4.74 Å². The van der Waals surface area contributed by atoms with Crippen LogP contribution in [0.2, 0.25) is 0 Å². The van der Waals surface area contributed by atoms with Gasteiger partial charge in [-0.2, -0.15) is 0 Å². The van der Waals surface area contributed by atoms with Crippen molar-refractivity contribution in [2.45, 2.75) is 52.5 Å². The van der Waals surface area contributed by atoms with Gasteiger partial charge in [0.05, 0.1) is 12.8 Å². The van der Waals surface area contributed by atoms with Crippen LogP contribution in [0.15, 0.2) is 39.8 Å². The molecule has 3 nitrogen and oxygen atoms in total. The molecule has 0 amide bonds. The quantitative estimate of drug-likeness (QED) is 0.510. The van der Waals surface area contributed by atoms with Gasteiger partial charge < -0.3 is 9.64 Å². The molecule has 1 unspecified atom stereocenters. The van der Waals surface area contributed by atoms with Crippen molar-refractivity contribution in [2.24, 2.45) is 4.99 Å². The smallest absolute Gasteiger partial charge is 0.129 e. The number of hydrogen-bond donors (Lipinski definition) is 0. The molecule has 2 aromatic carbocycles. The van der Waals surface area contributed by atoms with Gasteiger partial charge in [-0.15, -0.1) is 0 Å². The van der Waals surface area contributed by atoms with Crippen LogP contribution in [0.3, 0.4) is 0 Å². The Balaban J connectivity index is 2.04. The zero-order chi connectivity index (χ0) is 19.8. The Morgan fingerprint density at radius 2 is 2.04 bits per heavy atom. The molecule has 1 heterocycles. The van der Waals surface area contributed by atoms with Gasteiger partial charge in [0.2, 0.25) is 0 Å². The first-order chi connectivity index (χ1) is 12.8. The summed E-state index contributed by atoms with van der Waals surface area (Å²) in [4.78, 5) is 7.18. The third kappa shape index (κ3) is 3.91. The van der Waals surface area contributed by atoms with Crippen molar-refractivity contribution >= 4 is 33.5 Å². The number of benzene rings is 2. The minimum absolute atomic E-state index is 0.150. The lowest BCUT2D eigenvalue weighted by molar-refractivity contribution is 0.377. The first-order valence-corrected chi connectivity index (χ1v) is 10.4. The molecular weight excluding hydrogens is 400 g/mol. The number of aliphatic imine (C=N–C) groups is 1. The Bertz CT molecular complexity index is 873. The fourth-order valence-electron chi connectivity index (χ4n) is 4.26. The molecule has 0 saturated carbocycles. The van der Waals surface area contributed by atoms with E-state index >= 15 is 0 Å². The Morgan fingerprint density at radius 3 is 2.67 bits per heavy atom. The van der Waals surface area contributed by atoms with Gasteiger partial charge >= 0.3 is 0 Å². The number of nitrogens with zero attached hydrogens (tertiary/aromatic N) is 2. The molecule has 0 saturated heterocycles. The van der Waals surface area contributed by atoms with Crippen molar-refractivity contribution in [3.05, 3.63) is 51.5 Å². The van der Waals surface area contributed by atoms with Crippen LogP contribution < -0.4 is 9.64 Å². The summed E-state index contributed by atoms with van der Waals surface area (Å²) in [6.45, 7) is 12.3. The molecule has 144 valence electrons. The average Bonchev–Trinajstić information content (AvgIpc) is 2.61. The molecule has 0 bridgehead atoms. The second-order valence-electron chi connectivity index (χ2n) is 8.01. The third-order valence-corrected chi connectivity index (χ3v) is 6.44. The number of ether oxygens (including phenoxy) is 1. The highest BCUT2D eigenvalue weighted by Crippen LogP contribution is 2.45. The average molecular weight is 429 g/mol. The maximum Gasteiger partial charge on any atom is 0.129 e. The summed E-state index contributed by atoms with van der Waals surface area (Å²) in [7, 11) is 1.73. The minimum Gasteiger partial charge on any atom is -0.496 e. The fraction of sp³-hybridized carbons (Fsp3) is 0.435. The number of hydrogen-bond acceptors (Lipinski definition) is 3. The van der Waals surface area contributed by atoms with Crippen molar-refractivity contribution in [1.82, 2.24) is 0 Å². The summed E-state index contributed by atoms with van der Waals surface area (Å²) in [6, 6.07) is 10.6. The van der Waals surface area contributed by atoms with Gasteiger partial charge in [-0.05, 0) is 75.4 Å². The van der Waals surface area contributed by atoms with Gasteiger partial charge in [0.1, 0.15) is 5.75 Å². The summed E-state index contributed by atoms with van der Waals surface area (Å²) in [5.74, 6) is 1.38. The van der Waals surface area contributed by atoms with Crippen LogP contribution in [-0.2, 0) is 0 Å². The maximum atomic E-state index is 5.71. The number of fused-ring (bicyclic) bond motifs is 1. The molecule has 1 aliphatic rings. The van der Waals surface area contributed by atoms with Gasteiger partial charge in [0.15, 0.2) is 0 Å². The number of methoxy groups -OCH3 is 1. The second kappa shape index (κ2) is 7.67. The number of anilines is 1. The van der Waals surface area contributed by atoms with Gasteiger partial charge in [0.25, 0.3) is 0 Å². The molecule has 1 atom stereocenters. The van der Waals surface area contributed by atoms with Crippen molar-refractivity contribution in [3.8, 4) is 5.75 Å². The van der Waals surface area contributed by atoms with Crippen molar-refractivity contribution in [3.63, 3.8) is 0 Å². The van der Waals surface area contributed by atoms with Crippen LogP contribution in [0.25, 0.3) is 0 Å². The van der Waals surface area contributed by atoms with E-state index in [0.717, 1.165) is 34.4 Å². The molecular formula is C23H29BrN2O. The molecule has 3 rings (SSSR count). The molecule has 0 N–H and O–H groups in total. The zero-order valence-corrected chi connectivity index (χ0v) is 18.7. The van der Waals surface area contributed by atoms with Gasteiger partial charge in [0, 0.05) is 40.1 Å². The Morgan fingerprint density at radius 1 is 1.30 bits per heavy atom. The Kier molecular flexibility index (Phi) is 5.66. The van der Waals surface area contributed by atoms with Crippen molar-refractivity contribution < 1.29 is 4.74 Å². The highest BCUT2D eigenvalue weighted by molar-refractivity contribution is 9.10. The predicted molar refractivity (Wildman–Crippen MR) is 119 cm³/mol. The second-order valence-corrected chi connectivity index (χ2v) is 8.86. The standard InChI is InChI=1S/C23H29BrN2O/c1-7-26-21-12-22(27-6)17(11-19(21)16(3)13-23(26,4)5)14-25-18-8-9-20(24)15(2)10-18/h8-12,14,16H,7,13H2,1-6H3. The van der Waals surface area contributed by atoms with Crippen LogP contribution in [0, 0.1) is 6.92 Å². The molecule has 0 aliphatic carbocycles. The van der Waals surface area contributed by atoms with E-state index in [0.29, 0.717) is 5.92 Å². The van der Waals surface area contributed by atoms with Crippen LogP contribution in [0.1, 0.15) is 56.7 Å². The predicted octanol–water partition coefficient (Wildman–Crippen LogP) is 6.63. The highest BCUT2D eigenvalue weighted by Gasteiger charge is 2.36. The molecule has 0 radical (unpaired) electrons. The summed E-state index contributed by atoms with van der Waals surface area (Å²) in [6.07, 6.45) is 3.06. The molecule has 0 aromatic heterocycles. The third-order valence-electron chi connectivity index (χ3n) is 5.55. The van der Waals surface area contributed by atoms with Gasteiger partial charge in [-0.25, -0.2) is 0 Å². The normalized spacial score (nSPS) is 18.6. The van der Waals surface area contributed by atoms with E-state index in [1.54, 1.807) is 7.11 Å². The summed E-state index contributed by atoms with van der Waals surface area (Å²) >= 11 is 3.54. The van der Waals surface area contributed by atoms with E-state index in [9.17, 15) is 0 Å². The number of aryl methyl sites for hydroxylation is 1. The van der Waals surface area contributed by atoms with E-state index in [2.05, 4.69) is 78.6 Å². The molecule has 0 spiro atoms. The van der Waals surface area contributed by atoms with Crippen LogP contribution in [-0.4, -0.2) is 25.4 Å². The van der Waals surface area contributed by atoms with E-state index in [1.807, 2.05) is 18.3 Å². The fourth-order valence-corrected chi connectivity index (χ4v) is 4.50. The van der Waals surface area contributed by atoms with Crippen LogP contribution >= 0.6 is 15.9 Å². The molecule has 27 heavy (non-hydrogen) atoms. The SMILES string of the molecule is CCN1c2cc(OC)c(C=Nc3ccc(Br)c(C)c3)cc2C(C)CC1(C)C. The lowest BCUT2D eigenvalue weighted by Crippen LogP contribution is -2.48. The van der Waals surface area contributed by atoms with Crippen LogP contribution in [0.4, 0.5) is 11.4 Å². The Hall–Kier alpha value is -1.81. The van der Waals surface area contributed by atoms with Crippen LogP contribution in [0.5, 0.6) is 5.75 Å². The summed E-state index contributed by atoms with van der Waals surface area (Å²) in [5.41, 5.74) is 5.97. The highest BCUT2D eigenvalue weighted by atomic mass is 79.9. The zero-order valence-electron chi connectivity index (χ0n) is 17.1. The van der Waals surface area contributed by atoms with E-state index in [-0.39, 0.29) is 5.54 Å². The molecule has 4 heteroatoms. The summed E-state index contributed by atoms with van der Waals surface area (Å²) < 4.78 is 6.81. The van der Waals surface area contributed by atoms with E-state index < -0.39 is 0 Å². The number of halogens is 1. The molecule has 2 aromatic rings. The Labute approximate surface area is 171 Å². The van der Waals surface area contributed by atoms with Crippen molar-refractivity contribution in [2.75, 3.05) is 18.6 Å². The number of rotatable bonds is 4. The lowest BCUT2D eigenvalue weighted by Gasteiger charge is -2.47. The topological polar surface area (TPSA) is 24.8 Å². The largest absolute Gasteiger partial charge is 0.496 e.